The summed E-state index contributed by atoms with van der Waals surface area (Å²) in [4.78, 5) is 0. The van der Waals surface area contributed by atoms with Crippen molar-refractivity contribution in [1.82, 2.24) is 5.32 Å². The first kappa shape index (κ1) is 11.4. The molecule has 0 radical (unpaired) electrons. The Hall–Kier alpha value is -0.0400. The Morgan fingerprint density at radius 3 is 1.80 bits per heavy atom. The van der Waals surface area contributed by atoms with Gasteiger partial charge in [-0.3, -0.25) is 0 Å². The summed E-state index contributed by atoms with van der Waals surface area (Å²) in [6.45, 7) is 2.55. The molecule has 0 aromatic heterocycles. The summed E-state index contributed by atoms with van der Waals surface area (Å²) in [7, 11) is 0. The SMILES string of the molecule is C1CCCC(CCC2CCNCC2)CC1. The van der Waals surface area contributed by atoms with Crippen molar-refractivity contribution in [1.29, 1.82) is 0 Å². The second kappa shape index (κ2) is 6.52. The predicted molar refractivity (Wildman–Crippen MR) is 66.0 cm³/mol. The molecular formula is C14H27N. The molecule has 0 bridgehead atoms. The molecule has 88 valence electrons. The molecule has 1 nitrogen and oxygen atoms in total. The molecular weight excluding hydrogens is 182 g/mol. The largest absolute Gasteiger partial charge is 0.317 e. The molecule has 2 rings (SSSR count). The summed E-state index contributed by atoms with van der Waals surface area (Å²) < 4.78 is 0. The summed E-state index contributed by atoms with van der Waals surface area (Å²) in [5, 5.41) is 3.46. The van der Waals surface area contributed by atoms with Crippen molar-refractivity contribution in [3.8, 4) is 0 Å². The van der Waals surface area contributed by atoms with Crippen LogP contribution in [0.3, 0.4) is 0 Å². The minimum absolute atomic E-state index is 1.05. The molecule has 1 saturated carbocycles. The zero-order chi connectivity index (χ0) is 10.3. The van der Waals surface area contributed by atoms with Gasteiger partial charge in [0.1, 0.15) is 0 Å². The average Bonchev–Trinajstić information content (AvgIpc) is 2.56. The monoisotopic (exact) mass is 209 g/mol. The zero-order valence-corrected chi connectivity index (χ0v) is 10.1. The van der Waals surface area contributed by atoms with E-state index in [2.05, 4.69) is 5.32 Å². The fourth-order valence-electron chi connectivity index (χ4n) is 3.29. The third kappa shape index (κ3) is 4.14. The van der Waals surface area contributed by atoms with E-state index in [1.807, 2.05) is 0 Å². The number of hydrogen-bond acceptors (Lipinski definition) is 1. The standard InChI is InChI=1S/C14H27N/c1-2-4-6-13(5-3-1)7-8-14-9-11-15-12-10-14/h13-15H,1-12H2. The summed E-state index contributed by atoms with van der Waals surface area (Å²) in [6.07, 6.45) is 15.0. The summed E-state index contributed by atoms with van der Waals surface area (Å²) in [6, 6.07) is 0. The molecule has 1 heteroatoms. The van der Waals surface area contributed by atoms with Gasteiger partial charge < -0.3 is 5.32 Å². The van der Waals surface area contributed by atoms with Gasteiger partial charge in [-0.2, -0.15) is 0 Å². The van der Waals surface area contributed by atoms with Crippen LogP contribution in [0.15, 0.2) is 0 Å². The van der Waals surface area contributed by atoms with Crippen LogP contribution in [0, 0.1) is 11.8 Å². The molecule has 1 heterocycles. The van der Waals surface area contributed by atoms with Crippen molar-refractivity contribution < 1.29 is 0 Å². The van der Waals surface area contributed by atoms with Crippen molar-refractivity contribution >= 4 is 0 Å². The Morgan fingerprint density at radius 1 is 0.667 bits per heavy atom. The fourth-order valence-corrected chi connectivity index (χ4v) is 3.29. The number of hydrogen-bond donors (Lipinski definition) is 1. The van der Waals surface area contributed by atoms with Crippen LogP contribution in [0.4, 0.5) is 0 Å². The second-order valence-corrected chi connectivity index (χ2v) is 5.63. The van der Waals surface area contributed by atoms with Gasteiger partial charge in [0.15, 0.2) is 0 Å². The van der Waals surface area contributed by atoms with Crippen LogP contribution in [0.25, 0.3) is 0 Å². The Bertz CT molecular complexity index is 153. The average molecular weight is 209 g/mol. The van der Waals surface area contributed by atoms with Gasteiger partial charge in [0.05, 0.1) is 0 Å². The van der Waals surface area contributed by atoms with E-state index in [1.165, 1.54) is 77.3 Å². The normalized spacial score (nSPS) is 26.4. The molecule has 1 aliphatic heterocycles. The van der Waals surface area contributed by atoms with Crippen molar-refractivity contribution in [2.24, 2.45) is 11.8 Å². The van der Waals surface area contributed by atoms with Crippen LogP contribution >= 0.6 is 0 Å². The second-order valence-electron chi connectivity index (χ2n) is 5.63. The van der Waals surface area contributed by atoms with Crippen molar-refractivity contribution in [2.75, 3.05) is 13.1 Å². The van der Waals surface area contributed by atoms with E-state index in [0.29, 0.717) is 0 Å². The van der Waals surface area contributed by atoms with E-state index in [4.69, 9.17) is 0 Å². The lowest BCUT2D eigenvalue weighted by Crippen LogP contribution is -2.27. The maximum atomic E-state index is 3.46. The van der Waals surface area contributed by atoms with Gasteiger partial charge >= 0.3 is 0 Å². The molecule has 0 atom stereocenters. The van der Waals surface area contributed by atoms with Gasteiger partial charge in [-0.05, 0) is 37.8 Å². The van der Waals surface area contributed by atoms with Crippen LogP contribution in [-0.4, -0.2) is 13.1 Å². The highest BCUT2D eigenvalue weighted by Gasteiger charge is 2.17. The Kier molecular flexibility index (Phi) is 4.98. The maximum absolute atomic E-state index is 3.46. The Morgan fingerprint density at radius 2 is 1.20 bits per heavy atom. The quantitative estimate of drug-likeness (QED) is 0.698. The van der Waals surface area contributed by atoms with Gasteiger partial charge in [-0.15, -0.1) is 0 Å². The lowest BCUT2D eigenvalue weighted by atomic mass is 9.87. The number of nitrogens with one attached hydrogen (secondary N) is 1. The minimum atomic E-state index is 1.05. The van der Waals surface area contributed by atoms with Gasteiger partial charge in [0.25, 0.3) is 0 Å². The highest BCUT2D eigenvalue weighted by molar-refractivity contribution is 4.71. The van der Waals surface area contributed by atoms with E-state index < -0.39 is 0 Å². The smallest absolute Gasteiger partial charge is 0.00463 e. The summed E-state index contributed by atoms with van der Waals surface area (Å²) in [5.74, 6) is 2.14. The van der Waals surface area contributed by atoms with Crippen molar-refractivity contribution in [3.63, 3.8) is 0 Å². The van der Waals surface area contributed by atoms with E-state index in [9.17, 15) is 0 Å². The van der Waals surface area contributed by atoms with Crippen LogP contribution in [0.1, 0.15) is 64.2 Å². The predicted octanol–water partition coefficient (Wildman–Crippen LogP) is 3.74. The van der Waals surface area contributed by atoms with Gasteiger partial charge in [-0.1, -0.05) is 51.4 Å². The maximum Gasteiger partial charge on any atom is -0.00463 e. The number of rotatable bonds is 3. The summed E-state index contributed by atoms with van der Waals surface area (Å²) in [5.41, 5.74) is 0. The topological polar surface area (TPSA) is 12.0 Å². The molecule has 2 fully saturated rings. The van der Waals surface area contributed by atoms with Gasteiger partial charge in [-0.25, -0.2) is 0 Å². The molecule has 0 aromatic carbocycles. The van der Waals surface area contributed by atoms with Crippen molar-refractivity contribution in [3.05, 3.63) is 0 Å². The third-order valence-electron chi connectivity index (χ3n) is 4.42. The highest BCUT2D eigenvalue weighted by Crippen LogP contribution is 2.29. The Balaban J connectivity index is 1.62. The van der Waals surface area contributed by atoms with Gasteiger partial charge in [0, 0.05) is 0 Å². The van der Waals surface area contributed by atoms with Crippen LogP contribution < -0.4 is 5.32 Å². The molecule has 0 spiro atoms. The van der Waals surface area contributed by atoms with E-state index >= 15 is 0 Å². The van der Waals surface area contributed by atoms with Crippen molar-refractivity contribution in [2.45, 2.75) is 64.2 Å². The van der Waals surface area contributed by atoms with Crippen LogP contribution in [0.5, 0.6) is 0 Å². The first-order valence-corrected chi connectivity index (χ1v) is 7.16. The van der Waals surface area contributed by atoms with Crippen LogP contribution in [-0.2, 0) is 0 Å². The first-order valence-electron chi connectivity index (χ1n) is 7.16. The summed E-state index contributed by atoms with van der Waals surface area (Å²) >= 11 is 0. The zero-order valence-electron chi connectivity index (χ0n) is 10.1. The van der Waals surface area contributed by atoms with E-state index in [0.717, 1.165) is 11.8 Å². The molecule has 0 unspecified atom stereocenters. The molecule has 15 heavy (non-hydrogen) atoms. The fraction of sp³-hybridized carbons (Fsp3) is 1.00. The highest BCUT2D eigenvalue weighted by atomic mass is 14.9. The van der Waals surface area contributed by atoms with Gasteiger partial charge in [0.2, 0.25) is 0 Å². The lowest BCUT2D eigenvalue weighted by molar-refractivity contribution is 0.307. The molecule has 0 aromatic rings. The molecule has 2 aliphatic rings. The Labute approximate surface area is 95.0 Å². The first-order chi connectivity index (χ1) is 7.45. The van der Waals surface area contributed by atoms with E-state index in [1.54, 1.807) is 0 Å². The lowest BCUT2D eigenvalue weighted by Gasteiger charge is -2.24. The molecule has 1 saturated heterocycles. The van der Waals surface area contributed by atoms with Crippen LogP contribution in [0.2, 0.25) is 0 Å². The molecule has 1 aliphatic carbocycles. The van der Waals surface area contributed by atoms with E-state index in [-0.39, 0.29) is 0 Å². The number of piperidine rings is 1. The third-order valence-corrected chi connectivity index (χ3v) is 4.42. The molecule has 1 N–H and O–H groups in total. The minimum Gasteiger partial charge on any atom is -0.317 e. The molecule has 0 amide bonds.